The average molecular weight is 347 g/mol. The van der Waals surface area contributed by atoms with Crippen molar-refractivity contribution in [3.63, 3.8) is 0 Å². The number of benzene rings is 2. The summed E-state index contributed by atoms with van der Waals surface area (Å²) in [5.41, 5.74) is 4.48. The molecule has 1 heterocycles. The lowest BCUT2D eigenvalue weighted by Crippen LogP contribution is -2.28. The Bertz CT molecular complexity index is 913. The number of allylic oxidation sites excluding steroid dienone is 1. The molecule has 0 aliphatic carbocycles. The van der Waals surface area contributed by atoms with E-state index >= 15 is 0 Å². The minimum Gasteiger partial charge on any atom is -0.360 e. The second kappa shape index (κ2) is 7.08. The molecule has 0 radical (unpaired) electrons. The average Bonchev–Trinajstić information content (AvgIpc) is 2.62. The van der Waals surface area contributed by atoms with Crippen LogP contribution in [-0.4, -0.2) is 10.2 Å². The fraction of sp³-hybridized carbons (Fsp3) is 0.182. The Kier molecular flexibility index (Phi) is 4.85. The van der Waals surface area contributed by atoms with Gasteiger partial charge in [-0.1, -0.05) is 42.5 Å². The van der Waals surface area contributed by atoms with Gasteiger partial charge in [0.2, 0.25) is 0 Å². The van der Waals surface area contributed by atoms with Crippen LogP contribution in [0.15, 0.2) is 67.2 Å². The van der Waals surface area contributed by atoms with Crippen molar-refractivity contribution in [1.29, 1.82) is 0 Å². The van der Waals surface area contributed by atoms with Gasteiger partial charge >= 0.3 is 0 Å². The number of nitrogens with zero attached hydrogens (tertiary/aromatic N) is 2. The van der Waals surface area contributed by atoms with E-state index in [9.17, 15) is 4.39 Å². The molecule has 0 unspecified atom stereocenters. The van der Waals surface area contributed by atoms with Gasteiger partial charge in [-0.05, 0) is 62.2 Å². The molecule has 3 rings (SSSR count). The predicted molar refractivity (Wildman–Crippen MR) is 105 cm³/mol. The summed E-state index contributed by atoms with van der Waals surface area (Å²) in [6.07, 6.45) is 0. The van der Waals surface area contributed by atoms with E-state index in [-0.39, 0.29) is 5.82 Å². The first-order valence-electron chi connectivity index (χ1n) is 8.49. The lowest BCUT2D eigenvalue weighted by Gasteiger charge is -2.27. The lowest BCUT2D eigenvalue weighted by molar-refractivity contribution is 0.594. The van der Waals surface area contributed by atoms with Gasteiger partial charge in [0.15, 0.2) is 0 Å². The van der Waals surface area contributed by atoms with Gasteiger partial charge in [-0.15, -0.1) is 10.2 Å². The largest absolute Gasteiger partial charge is 0.360 e. The van der Waals surface area contributed by atoms with E-state index < -0.39 is 5.54 Å². The van der Waals surface area contributed by atoms with E-state index in [1.165, 1.54) is 12.1 Å². The molecular weight excluding hydrogens is 325 g/mol. The van der Waals surface area contributed by atoms with Gasteiger partial charge in [0.05, 0.1) is 11.2 Å². The van der Waals surface area contributed by atoms with Crippen LogP contribution >= 0.6 is 0 Å². The molecule has 0 spiro atoms. The minimum atomic E-state index is -0.399. The zero-order valence-corrected chi connectivity index (χ0v) is 15.3. The summed E-state index contributed by atoms with van der Waals surface area (Å²) >= 11 is 0. The van der Waals surface area contributed by atoms with E-state index in [2.05, 4.69) is 28.2 Å². The molecule has 0 aliphatic heterocycles. The molecule has 1 N–H and O–H groups in total. The highest BCUT2D eigenvalue weighted by Crippen LogP contribution is 2.26. The molecular formula is C22H22FN3. The van der Waals surface area contributed by atoms with Gasteiger partial charge in [-0.3, -0.25) is 0 Å². The quantitative estimate of drug-likeness (QED) is 0.647. The standard InChI is InChI=1S/C22H22FN3/c1-15(2)16-6-5-7-17(14-16)20-12-13-21(26-25-20)24-22(3,4)18-8-10-19(23)11-9-18/h5-14H,1H2,2-4H3,(H,24,26). The molecule has 0 aliphatic rings. The molecule has 132 valence electrons. The van der Waals surface area contributed by atoms with Gasteiger partial charge in [-0.25, -0.2) is 4.39 Å². The Balaban J connectivity index is 1.80. The molecule has 0 bridgehead atoms. The van der Waals surface area contributed by atoms with Crippen LogP contribution in [0.3, 0.4) is 0 Å². The number of rotatable bonds is 5. The Morgan fingerprint density at radius 1 is 1.00 bits per heavy atom. The summed E-state index contributed by atoms with van der Waals surface area (Å²) in [5, 5.41) is 12.0. The third-order valence-corrected chi connectivity index (χ3v) is 4.32. The Labute approximate surface area is 153 Å². The third-order valence-electron chi connectivity index (χ3n) is 4.32. The van der Waals surface area contributed by atoms with E-state index in [4.69, 9.17) is 0 Å². The van der Waals surface area contributed by atoms with Gasteiger partial charge in [0.1, 0.15) is 11.6 Å². The Morgan fingerprint density at radius 2 is 1.73 bits per heavy atom. The smallest absolute Gasteiger partial charge is 0.149 e. The van der Waals surface area contributed by atoms with Crippen LogP contribution in [0, 0.1) is 5.82 Å². The topological polar surface area (TPSA) is 37.8 Å². The van der Waals surface area contributed by atoms with Crippen LogP contribution in [0.4, 0.5) is 10.2 Å². The maximum Gasteiger partial charge on any atom is 0.149 e. The van der Waals surface area contributed by atoms with Crippen molar-refractivity contribution >= 4 is 11.4 Å². The number of nitrogens with one attached hydrogen (secondary N) is 1. The summed E-state index contributed by atoms with van der Waals surface area (Å²) in [6.45, 7) is 10.0. The zero-order valence-electron chi connectivity index (χ0n) is 15.3. The molecule has 3 nitrogen and oxygen atoms in total. The first-order chi connectivity index (χ1) is 12.3. The maximum atomic E-state index is 13.1. The van der Waals surface area contributed by atoms with E-state index in [1.54, 1.807) is 12.1 Å². The first kappa shape index (κ1) is 17.8. The van der Waals surface area contributed by atoms with Crippen molar-refractivity contribution in [3.8, 4) is 11.3 Å². The molecule has 2 aromatic carbocycles. The maximum absolute atomic E-state index is 13.1. The van der Waals surface area contributed by atoms with Crippen molar-refractivity contribution in [2.45, 2.75) is 26.3 Å². The summed E-state index contributed by atoms with van der Waals surface area (Å²) < 4.78 is 13.1. The van der Waals surface area contributed by atoms with Crippen LogP contribution < -0.4 is 5.32 Å². The van der Waals surface area contributed by atoms with E-state index in [0.717, 1.165) is 28.0 Å². The predicted octanol–water partition coefficient (Wildman–Crippen LogP) is 5.66. The van der Waals surface area contributed by atoms with Gasteiger partial charge < -0.3 is 5.32 Å². The molecule has 1 aromatic heterocycles. The molecule has 0 fully saturated rings. The van der Waals surface area contributed by atoms with E-state index in [0.29, 0.717) is 5.82 Å². The van der Waals surface area contributed by atoms with Gasteiger partial charge in [-0.2, -0.15) is 0 Å². The third kappa shape index (κ3) is 3.97. The normalized spacial score (nSPS) is 11.2. The number of halogens is 1. The fourth-order valence-corrected chi connectivity index (χ4v) is 2.76. The fourth-order valence-electron chi connectivity index (χ4n) is 2.76. The minimum absolute atomic E-state index is 0.245. The first-order valence-corrected chi connectivity index (χ1v) is 8.49. The summed E-state index contributed by atoms with van der Waals surface area (Å²) in [5.74, 6) is 0.421. The monoisotopic (exact) mass is 347 g/mol. The van der Waals surface area contributed by atoms with Crippen LogP contribution in [-0.2, 0) is 5.54 Å². The molecule has 4 heteroatoms. The molecule has 0 saturated carbocycles. The molecule has 26 heavy (non-hydrogen) atoms. The molecule has 0 amide bonds. The lowest BCUT2D eigenvalue weighted by atomic mass is 9.94. The molecule has 0 saturated heterocycles. The van der Waals surface area contributed by atoms with Crippen LogP contribution in [0.1, 0.15) is 31.9 Å². The Morgan fingerprint density at radius 3 is 2.35 bits per heavy atom. The number of hydrogen-bond donors (Lipinski definition) is 1. The van der Waals surface area contributed by atoms with Crippen LogP contribution in [0.2, 0.25) is 0 Å². The van der Waals surface area contributed by atoms with Crippen molar-refractivity contribution in [2.75, 3.05) is 5.32 Å². The number of hydrogen-bond acceptors (Lipinski definition) is 3. The molecule has 3 aromatic rings. The highest BCUT2D eigenvalue weighted by Gasteiger charge is 2.21. The van der Waals surface area contributed by atoms with Crippen LogP contribution in [0.5, 0.6) is 0 Å². The summed E-state index contributed by atoms with van der Waals surface area (Å²) in [4.78, 5) is 0. The Hall–Kier alpha value is -3.01. The summed E-state index contributed by atoms with van der Waals surface area (Å²) in [6, 6.07) is 18.4. The van der Waals surface area contributed by atoms with E-state index in [1.807, 2.05) is 51.1 Å². The van der Waals surface area contributed by atoms with Crippen molar-refractivity contribution in [2.24, 2.45) is 0 Å². The molecule has 0 atom stereocenters. The van der Waals surface area contributed by atoms with Crippen LogP contribution in [0.25, 0.3) is 16.8 Å². The zero-order chi connectivity index (χ0) is 18.7. The van der Waals surface area contributed by atoms with Gasteiger partial charge in [0.25, 0.3) is 0 Å². The van der Waals surface area contributed by atoms with Crippen molar-refractivity contribution in [1.82, 2.24) is 10.2 Å². The number of anilines is 1. The number of aromatic nitrogens is 2. The van der Waals surface area contributed by atoms with Crippen molar-refractivity contribution in [3.05, 3.63) is 84.2 Å². The second-order valence-electron chi connectivity index (χ2n) is 6.92. The summed E-state index contributed by atoms with van der Waals surface area (Å²) in [7, 11) is 0. The van der Waals surface area contributed by atoms with Crippen molar-refractivity contribution < 1.29 is 4.39 Å². The second-order valence-corrected chi connectivity index (χ2v) is 6.92. The SMILES string of the molecule is C=C(C)c1cccc(-c2ccc(NC(C)(C)c3ccc(F)cc3)nn2)c1. The van der Waals surface area contributed by atoms with Gasteiger partial charge in [0, 0.05) is 5.56 Å². The highest BCUT2D eigenvalue weighted by molar-refractivity contribution is 5.69. The highest BCUT2D eigenvalue weighted by atomic mass is 19.1.